The molecule has 0 bridgehead atoms. The van der Waals surface area contributed by atoms with Gasteiger partial charge in [-0.05, 0) is 28.9 Å². The Morgan fingerprint density at radius 1 is 1.62 bits per heavy atom. The number of rotatable bonds is 4. The smallest absolute Gasteiger partial charge is 0.0952 e. The zero-order chi connectivity index (χ0) is 11.5. The molecule has 3 nitrogen and oxygen atoms in total. The summed E-state index contributed by atoms with van der Waals surface area (Å²) in [4.78, 5) is 5.65. The number of halogens is 1. The first-order chi connectivity index (χ1) is 7.63. The Labute approximate surface area is 107 Å². The van der Waals surface area contributed by atoms with E-state index in [-0.39, 0.29) is 6.04 Å². The second-order valence-corrected chi connectivity index (χ2v) is 5.86. The van der Waals surface area contributed by atoms with Crippen LogP contribution in [0.25, 0.3) is 0 Å². The molecule has 0 saturated heterocycles. The molecular weight excluding hydrogens is 286 g/mol. The Morgan fingerprint density at radius 3 is 3.06 bits per heavy atom. The topological polar surface area (TPSA) is 43.8 Å². The fourth-order valence-corrected chi connectivity index (χ4v) is 3.00. The van der Waals surface area contributed by atoms with E-state index in [2.05, 4.69) is 43.1 Å². The van der Waals surface area contributed by atoms with Crippen molar-refractivity contribution in [1.82, 2.24) is 9.55 Å². The maximum Gasteiger partial charge on any atom is 0.0952 e. The third kappa shape index (κ3) is 3.17. The van der Waals surface area contributed by atoms with Crippen LogP contribution in [-0.4, -0.2) is 15.6 Å². The molecule has 2 aromatic rings. The highest BCUT2D eigenvalue weighted by Gasteiger charge is 2.03. The minimum atomic E-state index is 0.166. The highest BCUT2D eigenvalue weighted by atomic mass is 79.9. The molecule has 5 heteroatoms. The highest BCUT2D eigenvalue weighted by Crippen LogP contribution is 2.20. The van der Waals surface area contributed by atoms with E-state index in [1.165, 1.54) is 4.88 Å². The van der Waals surface area contributed by atoms with Crippen LogP contribution in [0.1, 0.15) is 17.5 Å². The molecule has 0 aliphatic rings. The van der Waals surface area contributed by atoms with Crippen LogP contribution in [0, 0.1) is 0 Å². The molecule has 0 amide bonds. The van der Waals surface area contributed by atoms with Crippen LogP contribution >= 0.6 is 27.3 Å². The predicted molar refractivity (Wildman–Crippen MR) is 70.7 cm³/mol. The van der Waals surface area contributed by atoms with Gasteiger partial charge in [0.1, 0.15) is 0 Å². The summed E-state index contributed by atoms with van der Waals surface area (Å²) in [5.74, 6) is 0. The van der Waals surface area contributed by atoms with Crippen LogP contribution in [0.2, 0.25) is 0 Å². The lowest BCUT2D eigenvalue weighted by Gasteiger charge is -2.00. The number of hydrogen-bond acceptors (Lipinski definition) is 3. The molecule has 1 atom stereocenters. The first-order valence-electron chi connectivity index (χ1n) is 5.12. The van der Waals surface area contributed by atoms with Crippen LogP contribution in [0.3, 0.4) is 0 Å². The van der Waals surface area contributed by atoms with Crippen LogP contribution in [-0.2, 0) is 13.0 Å². The first-order valence-corrected chi connectivity index (χ1v) is 6.80. The van der Waals surface area contributed by atoms with Gasteiger partial charge in [0.15, 0.2) is 0 Å². The van der Waals surface area contributed by atoms with Crippen molar-refractivity contribution < 1.29 is 0 Å². The number of nitrogens with zero attached hydrogens (tertiary/aromatic N) is 2. The average Bonchev–Trinajstić information content (AvgIpc) is 2.76. The minimum Gasteiger partial charge on any atom is -0.332 e. The van der Waals surface area contributed by atoms with Crippen molar-refractivity contribution in [3.8, 4) is 0 Å². The van der Waals surface area contributed by atoms with Crippen molar-refractivity contribution in [3.05, 3.63) is 39.0 Å². The Hall–Kier alpha value is -0.650. The van der Waals surface area contributed by atoms with Gasteiger partial charge in [-0.3, -0.25) is 0 Å². The molecule has 0 aliphatic heterocycles. The molecular formula is C11H14BrN3S. The summed E-state index contributed by atoms with van der Waals surface area (Å²) >= 11 is 5.20. The van der Waals surface area contributed by atoms with Crippen LogP contribution in [0.4, 0.5) is 0 Å². The molecule has 0 aromatic carbocycles. The van der Waals surface area contributed by atoms with E-state index in [1.807, 2.05) is 13.3 Å². The standard InChI is InChI=1S/C11H14BrN3S/c1-8(13)2-10-4-15(7-14-10)5-11-3-9(12)6-16-11/h3-4,6-8H,2,5,13H2,1H3. The molecule has 86 valence electrons. The lowest BCUT2D eigenvalue weighted by atomic mass is 10.2. The van der Waals surface area contributed by atoms with E-state index >= 15 is 0 Å². The second-order valence-electron chi connectivity index (χ2n) is 3.95. The van der Waals surface area contributed by atoms with Gasteiger partial charge in [-0.15, -0.1) is 11.3 Å². The minimum absolute atomic E-state index is 0.166. The van der Waals surface area contributed by atoms with E-state index < -0.39 is 0 Å². The van der Waals surface area contributed by atoms with E-state index in [4.69, 9.17) is 5.73 Å². The highest BCUT2D eigenvalue weighted by molar-refractivity contribution is 9.10. The fraction of sp³-hybridized carbons (Fsp3) is 0.364. The summed E-state index contributed by atoms with van der Waals surface area (Å²) in [5.41, 5.74) is 6.80. The molecule has 0 aliphatic carbocycles. The van der Waals surface area contributed by atoms with Gasteiger partial charge in [0, 0.05) is 33.4 Å². The van der Waals surface area contributed by atoms with Crippen LogP contribution in [0.5, 0.6) is 0 Å². The van der Waals surface area contributed by atoms with Crippen molar-refractivity contribution in [3.63, 3.8) is 0 Å². The lowest BCUT2D eigenvalue weighted by molar-refractivity contribution is 0.723. The summed E-state index contributed by atoms with van der Waals surface area (Å²) in [6, 6.07) is 2.30. The van der Waals surface area contributed by atoms with Gasteiger partial charge < -0.3 is 10.3 Å². The van der Waals surface area contributed by atoms with Crippen LogP contribution < -0.4 is 5.73 Å². The van der Waals surface area contributed by atoms with Crippen molar-refractivity contribution in [2.24, 2.45) is 5.73 Å². The molecule has 2 aromatic heterocycles. The molecule has 0 fully saturated rings. The van der Waals surface area contributed by atoms with E-state index in [1.54, 1.807) is 11.3 Å². The molecule has 16 heavy (non-hydrogen) atoms. The van der Waals surface area contributed by atoms with Gasteiger partial charge in [-0.1, -0.05) is 0 Å². The predicted octanol–water partition coefficient (Wildman–Crippen LogP) is 2.65. The summed E-state index contributed by atoms with van der Waals surface area (Å²) < 4.78 is 3.24. The van der Waals surface area contributed by atoms with Gasteiger partial charge >= 0.3 is 0 Å². The zero-order valence-electron chi connectivity index (χ0n) is 9.06. The maximum absolute atomic E-state index is 5.74. The van der Waals surface area contributed by atoms with E-state index in [0.29, 0.717) is 0 Å². The van der Waals surface area contributed by atoms with Gasteiger partial charge in [-0.2, -0.15) is 0 Å². The normalized spacial score (nSPS) is 12.9. The number of aromatic nitrogens is 2. The van der Waals surface area contributed by atoms with Crippen molar-refractivity contribution in [2.75, 3.05) is 0 Å². The second kappa shape index (κ2) is 5.12. The third-order valence-electron chi connectivity index (χ3n) is 2.18. The maximum atomic E-state index is 5.74. The number of nitrogens with two attached hydrogens (primary N) is 1. The largest absolute Gasteiger partial charge is 0.332 e. The summed E-state index contributed by atoms with van der Waals surface area (Å²) in [7, 11) is 0. The van der Waals surface area contributed by atoms with Gasteiger partial charge in [0.05, 0.1) is 18.6 Å². The monoisotopic (exact) mass is 299 g/mol. The Morgan fingerprint density at radius 2 is 2.44 bits per heavy atom. The number of thiophene rings is 1. The molecule has 0 spiro atoms. The Kier molecular flexibility index (Phi) is 3.78. The average molecular weight is 300 g/mol. The van der Waals surface area contributed by atoms with Gasteiger partial charge in [0.2, 0.25) is 0 Å². The van der Waals surface area contributed by atoms with Crippen molar-refractivity contribution in [1.29, 1.82) is 0 Å². The lowest BCUT2D eigenvalue weighted by Crippen LogP contribution is -2.17. The molecule has 2 heterocycles. The van der Waals surface area contributed by atoms with Crippen molar-refractivity contribution >= 4 is 27.3 Å². The van der Waals surface area contributed by atoms with Gasteiger partial charge in [0.25, 0.3) is 0 Å². The van der Waals surface area contributed by atoms with Crippen LogP contribution in [0.15, 0.2) is 28.4 Å². The van der Waals surface area contributed by atoms with E-state index in [0.717, 1.165) is 23.1 Å². The fourth-order valence-electron chi connectivity index (χ4n) is 1.54. The first kappa shape index (κ1) is 11.8. The Bertz CT molecular complexity index is 461. The quantitative estimate of drug-likeness (QED) is 0.943. The SMILES string of the molecule is CC(N)Cc1cn(Cc2cc(Br)cs2)cn1. The van der Waals surface area contributed by atoms with Gasteiger partial charge in [-0.25, -0.2) is 4.98 Å². The molecule has 2 N–H and O–H groups in total. The Balaban J connectivity index is 2.02. The van der Waals surface area contributed by atoms with Crippen molar-refractivity contribution in [2.45, 2.75) is 25.9 Å². The third-order valence-corrected chi connectivity index (χ3v) is 3.86. The zero-order valence-corrected chi connectivity index (χ0v) is 11.5. The van der Waals surface area contributed by atoms with E-state index in [9.17, 15) is 0 Å². The molecule has 0 saturated carbocycles. The molecule has 1 unspecified atom stereocenters. The summed E-state index contributed by atoms with van der Waals surface area (Å²) in [6.07, 6.45) is 4.77. The molecule has 2 rings (SSSR count). The number of imidazole rings is 1. The number of hydrogen-bond donors (Lipinski definition) is 1. The molecule has 0 radical (unpaired) electrons. The summed E-state index contributed by atoms with van der Waals surface area (Å²) in [6.45, 7) is 2.87. The summed E-state index contributed by atoms with van der Waals surface area (Å²) in [5, 5.41) is 2.09.